The number of ether oxygens (including phenoxy) is 1. The van der Waals surface area contributed by atoms with Gasteiger partial charge in [0.25, 0.3) is 0 Å². The third-order valence-corrected chi connectivity index (χ3v) is 4.16. The van der Waals surface area contributed by atoms with Crippen LogP contribution in [-0.4, -0.2) is 32.3 Å². The van der Waals surface area contributed by atoms with Gasteiger partial charge in [0.2, 0.25) is 0 Å². The summed E-state index contributed by atoms with van der Waals surface area (Å²) in [5.74, 6) is 0.483. The van der Waals surface area contributed by atoms with E-state index in [2.05, 4.69) is 29.2 Å². The Bertz CT molecular complexity index is 407. The average Bonchev–Trinajstić information content (AvgIpc) is 2.68. The lowest BCUT2D eigenvalue weighted by Gasteiger charge is -2.28. The maximum atomic E-state index is 6.10. The van der Waals surface area contributed by atoms with Crippen molar-refractivity contribution in [3.63, 3.8) is 0 Å². The van der Waals surface area contributed by atoms with Gasteiger partial charge in [-0.25, -0.2) is 0 Å². The molecule has 3 heteroatoms. The summed E-state index contributed by atoms with van der Waals surface area (Å²) < 4.78 is 5.48. The van der Waals surface area contributed by atoms with Gasteiger partial charge >= 0.3 is 0 Å². The van der Waals surface area contributed by atoms with Crippen LogP contribution in [0.4, 0.5) is 5.69 Å². The predicted molar refractivity (Wildman–Crippen MR) is 73.9 cm³/mol. The Labute approximate surface area is 109 Å². The van der Waals surface area contributed by atoms with Gasteiger partial charge in [-0.3, -0.25) is 0 Å². The number of para-hydroxylation sites is 1. The van der Waals surface area contributed by atoms with Crippen LogP contribution in [0.15, 0.2) is 24.3 Å². The van der Waals surface area contributed by atoms with E-state index in [0.717, 1.165) is 26.3 Å². The van der Waals surface area contributed by atoms with Crippen molar-refractivity contribution in [3.8, 4) is 0 Å². The molecule has 2 atom stereocenters. The molecule has 1 saturated heterocycles. The highest BCUT2D eigenvalue weighted by molar-refractivity contribution is 5.54. The standard InChI is InChI=1S/C15H22N2O/c16-14-11-18-10-13(14)9-17-8-4-3-6-12-5-1-2-7-15(12)17/h1-2,5,7,13-14H,3-4,6,8-11,16H2. The first-order chi connectivity index (χ1) is 8.84. The van der Waals surface area contributed by atoms with Crippen LogP contribution in [0.1, 0.15) is 18.4 Å². The Balaban J connectivity index is 1.79. The number of anilines is 1. The van der Waals surface area contributed by atoms with Crippen LogP contribution in [0.3, 0.4) is 0 Å². The molecule has 98 valence electrons. The van der Waals surface area contributed by atoms with Crippen molar-refractivity contribution in [1.29, 1.82) is 0 Å². The monoisotopic (exact) mass is 246 g/mol. The van der Waals surface area contributed by atoms with E-state index in [1.54, 1.807) is 0 Å². The molecule has 0 radical (unpaired) electrons. The van der Waals surface area contributed by atoms with Crippen LogP contribution >= 0.6 is 0 Å². The summed E-state index contributed by atoms with van der Waals surface area (Å²) in [6.07, 6.45) is 3.78. The predicted octanol–water partition coefficient (Wildman–Crippen LogP) is 1.80. The second-order valence-electron chi connectivity index (χ2n) is 5.49. The molecule has 0 amide bonds. The summed E-state index contributed by atoms with van der Waals surface area (Å²) in [4.78, 5) is 2.52. The lowest BCUT2D eigenvalue weighted by atomic mass is 10.0. The highest BCUT2D eigenvalue weighted by atomic mass is 16.5. The van der Waals surface area contributed by atoms with E-state index < -0.39 is 0 Å². The van der Waals surface area contributed by atoms with Crippen LogP contribution in [0.2, 0.25) is 0 Å². The van der Waals surface area contributed by atoms with Crippen molar-refractivity contribution in [2.45, 2.75) is 25.3 Å². The molecule has 0 bridgehead atoms. The molecule has 1 aromatic rings. The third-order valence-electron chi connectivity index (χ3n) is 4.16. The number of benzene rings is 1. The van der Waals surface area contributed by atoms with E-state index in [9.17, 15) is 0 Å². The maximum Gasteiger partial charge on any atom is 0.0621 e. The fraction of sp³-hybridized carbons (Fsp3) is 0.600. The summed E-state index contributed by atoms with van der Waals surface area (Å²) in [6, 6.07) is 9.01. The minimum Gasteiger partial charge on any atom is -0.379 e. The molecule has 2 aliphatic heterocycles. The Kier molecular flexibility index (Phi) is 3.52. The van der Waals surface area contributed by atoms with Crippen LogP contribution in [0.5, 0.6) is 0 Å². The number of hydrogen-bond acceptors (Lipinski definition) is 3. The number of aryl methyl sites for hydroxylation is 1. The molecule has 0 aliphatic carbocycles. The number of hydrogen-bond donors (Lipinski definition) is 1. The molecule has 2 N–H and O–H groups in total. The Morgan fingerprint density at radius 2 is 2.11 bits per heavy atom. The second kappa shape index (κ2) is 5.29. The molecule has 1 aromatic carbocycles. The summed E-state index contributed by atoms with van der Waals surface area (Å²) in [5.41, 5.74) is 9.00. The van der Waals surface area contributed by atoms with E-state index >= 15 is 0 Å². The first kappa shape index (κ1) is 12.0. The fourth-order valence-corrected chi connectivity index (χ4v) is 3.05. The van der Waals surface area contributed by atoms with Crippen LogP contribution < -0.4 is 10.6 Å². The molecule has 2 unspecified atom stereocenters. The zero-order chi connectivity index (χ0) is 12.4. The minimum absolute atomic E-state index is 0.209. The molecule has 3 rings (SSSR count). The first-order valence-electron chi connectivity index (χ1n) is 7.01. The van der Waals surface area contributed by atoms with Gasteiger partial charge in [0, 0.05) is 30.7 Å². The Hall–Kier alpha value is -1.06. The number of fused-ring (bicyclic) bond motifs is 1. The minimum atomic E-state index is 0.209. The lowest BCUT2D eigenvalue weighted by Crippen LogP contribution is -2.39. The summed E-state index contributed by atoms with van der Waals surface area (Å²) in [6.45, 7) is 3.73. The molecule has 3 nitrogen and oxygen atoms in total. The summed E-state index contributed by atoms with van der Waals surface area (Å²) in [7, 11) is 0. The van der Waals surface area contributed by atoms with E-state index in [-0.39, 0.29) is 6.04 Å². The second-order valence-corrected chi connectivity index (χ2v) is 5.49. The summed E-state index contributed by atoms with van der Waals surface area (Å²) >= 11 is 0. The normalized spacial score (nSPS) is 27.9. The van der Waals surface area contributed by atoms with Crippen LogP contribution in [0, 0.1) is 5.92 Å². The SMILES string of the molecule is NC1COCC1CN1CCCCc2ccccc21. The van der Waals surface area contributed by atoms with Crippen molar-refractivity contribution in [3.05, 3.63) is 29.8 Å². The van der Waals surface area contributed by atoms with Gasteiger partial charge in [0.05, 0.1) is 13.2 Å². The van der Waals surface area contributed by atoms with Gasteiger partial charge in [-0.15, -0.1) is 0 Å². The summed E-state index contributed by atoms with van der Waals surface area (Å²) in [5, 5.41) is 0. The molecule has 0 spiro atoms. The molecular formula is C15H22N2O. The lowest BCUT2D eigenvalue weighted by molar-refractivity contribution is 0.185. The number of rotatable bonds is 2. The van der Waals surface area contributed by atoms with Crippen molar-refractivity contribution in [2.24, 2.45) is 11.7 Å². The quantitative estimate of drug-likeness (QED) is 0.865. The largest absolute Gasteiger partial charge is 0.379 e. The topological polar surface area (TPSA) is 38.5 Å². The molecular weight excluding hydrogens is 224 g/mol. The molecule has 2 heterocycles. The molecule has 18 heavy (non-hydrogen) atoms. The van der Waals surface area contributed by atoms with E-state index in [1.807, 2.05) is 0 Å². The average molecular weight is 246 g/mol. The van der Waals surface area contributed by atoms with Crippen molar-refractivity contribution in [1.82, 2.24) is 0 Å². The highest BCUT2D eigenvalue weighted by Gasteiger charge is 2.27. The van der Waals surface area contributed by atoms with E-state index in [1.165, 1.54) is 30.5 Å². The fourth-order valence-electron chi connectivity index (χ4n) is 3.05. The number of nitrogens with two attached hydrogens (primary N) is 1. The zero-order valence-electron chi connectivity index (χ0n) is 10.8. The number of nitrogens with zero attached hydrogens (tertiary/aromatic N) is 1. The van der Waals surface area contributed by atoms with Crippen LogP contribution in [0.25, 0.3) is 0 Å². The third kappa shape index (κ3) is 2.38. The molecule has 2 aliphatic rings. The van der Waals surface area contributed by atoms with Gasteiger partial charge in [0.1, 0.15) is 0 Å². The van der Waals surface area contributed by atoms with Gasteiger partial charge in [-0.05, 0) is 30.9 Å². The Morgan fingerprint density at radius 1 is 1.22 bits per heavy atom. The van der Waals surface area contributed by atoms with Gasteiger partial charge in [-0.2, -0.15) is 0 Å². The smallest absolute Gasteiger partial charge is 0.0621 e. The van der Waals surface area contributed by atoms with E-state index in [4.69, 9.17) is 10.5 Å². The van der Waals surface area contributed by atoms with Gasteiger partial charge in [-0.1, -0.05) is 18.2 Å². The zero-order valence-corrected chi connectivity index (χ0v) is 10.8. The highest BCUT2D eigenvalue weighted by Crippen LogP contribution is 2.27. The molecule has 0 aromatic heterocycles. The van der Waals surface area contributed by atoms with Gasteiger partial charge in [0.15, 0.2) is 0 Å². The van der Waals surface area contributed by atoms with Gasteiger partial charge < -0.3 is 15.4 Å². The molecule has 0 saturated carbocycles. The Morgan fingerprint density at radius 3 is 2.94 bits per heavy atom. The maximum absolute atomic E-state index is 6.10. The van der Waals surface area contributed by atoms with Crippen LogP contribution in [-0.2, 0) is 11.2 Å². The van der Waals surface area contributed by atoms with Crippen molar-refractivity contribution >= 4 is 5.69 Å². The molecule has 1 fully saturated rings. The first-order valence-corrected chi connectivity index (χ1v) is 7.01. The van der Waals surface area contributed by atoms with E-state index in [0.29, 0.717) is 5.92 Å². The van der Waals surface area contributed by atoms with Crippen molar-refractivity contribution in [2.75, 3.05) is 31.2 Å². The van der Waals surface area contributed by atoms with Crippen molar-refractivity contribution < 1.29 is 4.74 Å².